The highest BCUT2D eigenvalue weighted by Crippen LogP contribution is 2.27. The first kappa shape index (κ1) is 19.3. The molecule has 30 heavy (non-hydrogen) atoms. The minimum Gasteiger partial charge on any atom is -0.381 e. The van der Waals surface area contributed by atoms with Gasteiger partial charge in [0.25, 0.3) is 0 Å². The van der Waals surface area contributed by atoms with Crippen LogP contribution in [0.15, 0.2) is 48.7 Å². The van der Waals surface area contributed by atoms with E-state index in [1.54, 1.807) is 0 Å². The molecule has 5 rings (SSSR count). The summed E-state index contributed by atoms with van der Waals surface area (Å²) < 4.78 is 5.52. The summed E-state index contributed by atoms with van der Waals surface area (Å²) in [7, 11) is 0. The van der Waals surface area contributed by atoms with E-state index < -0.39 is 0 Å². The lowest BCUT2D eigenvalue weighted by Gasteiger charge is -2.37. The number of hydrogen-bond donors (Lipinski definition) is 2. The zero-order valence-electron chi connectivity index (χ0n) is 17.3. The Morgan fingerprint density at radius 3 is 2.90 bits per heavy atom. The van der Waals surface area contributed by atoms with Crippen molar-refractivity contribution >= 4 is 22.5 Å². The molecule has 2 N–H and O–H groups in total. The largest absolute Gasteiger partial charge is 0.381 e. The fraction of sp³-hybridized carbons (Fsp3) is 0.400. The van der Waals surface area contributed by atoms with Gasteiger partial charge in [0.15, 0.2) is 0 Å². The summed E-state index contributed by atoms with van der Waals surface area (Å²) in [5.74, 6) is 0.0670. The molecule has 0 atom stereocenters. The summed E-state index contributed by atoms with van der Waals surface area (Å²) in [5, 5.41) is 4.31. The fourth-order valence-electron chi connectivity index (χ4n) is 4.83. The number of aromatic amines is 1. The molecule has 2 aromatic carbocycles. The molecule has 3 aromatic rings. The third-order valence-corrected chi connectivity index (χ3v) is 6.54. The number of nitrogens with zero attached hydrogens (tertiary/aromatic N) is 1. The van der Waals surface area contributed by atoms with Gasteiger partial charge in [-0.1, -0.05) is 24.3 Å². The third-order valence-electron chi connectivity index (χ3n) is 6.54. The number of fused-ring (bicyclic) bond motifs is 2. The van der Waals surface area contributed by atoms with Crippen molar-refractivity contribution in [2.45, 2.75) is 44.7 Å². The standard InChI is InChI=1S/C25H29N3O2/c29-25(8-6-19-16-26-24-4-2-1-3-23(19)24)27-21-7-5-18-9-12-28(17-20(18)15-21)22-10-13-30-14-11-22/h1-5,7,15-16,22,26H,6,8-14,17H2,(H,27,29). The van der Waals surface area contributed by atoms with Crippen LogP contribution in [0, 0.1) is 0 Å². The van der Waals surface area contributed by atoms with Gasteiger partial charge in [-0.15, -0.1) is 0 Å². The van der Waals surface area contributed by atoms with Crippen LogP contribution in [0.25, 0.3) is 10.9 Å². The number of carbonyl (C=O) groups is 1. The van der Waals surface area contributed by atoms with E-state index >= 15 is 0 Å². The monoisotopic (exact) mass is 403 g/mol. The lowest BCUT2D eigenvalue weighted by Crippen LogP contribution is -2.42. The summed E-state index contributed by atoms with van der Waals surface area (Å²) in [5.41, 5.74) is 5.98. The second-order valence-electron chi connectivity index (χ2n) is 8.46. The van der Waals surface area contributed by atoms with Crippen LogP contribution in [-0.2, 0) is 28.9 Å². The normalized spacial score (nSPS) is 17.7. The van der Waals surface area contributed by atoms with Gasteiger partial charge in [-0.25, -0.2) is 0 Å². The van der Waals surface area contributed by atoms with Crippen molar-refractivity contribution in [3.05, 3.63) is 65.4 Å². The van der Waals surface area contributed by atoms with Crippen LogP contribution < -0.4 is 5.32 Å². The molecule has 1 aromatic heterocycles. The smallest absolute Gasteiger partial charge is 0.224 e. The Kier molecular flexibility index (Phi) is 5.56. The van der Waals surface area contributed by atoms with Gasteiger partial charge in [0.2, 0.25) is 5.91 Å². The predicted molar refractivity (Wildman–Crippen MR) is 120 cm³/mol. The van der Waals surface area contributed by atoms with Gasteiger partial charge in [0.05, 0.1) is 0 Å². The number of anilines is 1. The second-order valence-corrected chi connectivity index (χ2v) is 8.46. The van der Waals surface area contributed by atoms with E-state index in [-0.39, 0.29) is 5.91 Å². The van der Waals surface area contributed by atoms with Crippen LogP contribution in [-0.4, -0.2) is 41.6 Å². The summed E-state index contributed by atoms with van der Waals surface area (Å²) in [4.78, 5) is 18.5. The Morgan fingerprint density at radius 1 is 1.13 bits per heavy atom. The molecule has 0 saturated carbocycles. The number of amides is 1. The third kappa shape index (κ3) is 4.13. The van der Waals surface area contributed by atoms with E-state index in [9.17, 15) is 4.79 Å². The van der Waals surface area contributed by atoms with Crippen LogP contribution in [0.2, 0.25) is 0 Å². The number of carbonyl (C=O) groups excluding carboxylic acids is 1. The number of benzene rings is 2. The number of aryl methyl sites for hydroxylation is 1. The molecular formula is C25H29N3O2. The summed E-state index contributed by atoms with van der Waals surface area (Å²) in [6, 6.07) is 15.3. The molecular weight excluding hydrogens is 374 g/mol. The zero-order chi connectivity index (χ0) is 20.3. The summed E-state index contributed by atoms with van der Waals surface area (Å²) in [6.45, 7) is 3.84. The number of H-pyrrole nitrogens is 1. The maximum atomic E-state index is 12.6. The molecule has 0 unspecified atom stereocenters. The topological polar surface area (TPSA) is 57.4 Å². The Morgan fingerprint density at radius 2 is 2.00 bits per heavy atom. The summed E-state index contributed by atoms with van der Waals surface area (Å²) in [6.07, 6.45) is 6.56. The van der Waals surface area contributed by atoms with Gasteiger partial charge in [-0.3, -0.25) is 9.69 Å². The summed E-state index contributed by atoms with van der Waals surface area (Å²) >= 11 is 0. The minimum absolute atomic E-state index is 0.0670. The molecule has 0 spiro atoms. The SMILES string of the molecule is O=C(CCc1c[nH]c2ccccc12)Nc1ccc2c(c1)CN(C1CCOCC1)CC2. The van der Waals surface area contributed by atoms with Crippen LogP contribution in [0.4, 0.5) is 5.69 Å². The van der Waals surface area contributed by atoms with Crippen molar-refractivity contribution in [1.29, 1.82) is 0 Å². The molecule has 0 aliphatic carbocycles. The molecule has 0 radical (unpaired) electrons. The Balaban J connectivity index is 1.21. The maximum absolute atomic E-state index is 12.6. The number of aromatic nitrogens is 1. The fourth-order valence-corrected chi connectivity index (χ4v) is 4.83. The molecule has 5 nitrogen and oxygen atoms in total. The van der Waals surface area contributed by atoms with Crippen LogP contribution >= 0.6 is 0 Å². The van der Waals surface area contributed by atoms with Crippen molar-refractivity contribution in [3.63, 3.8) is 0 Å². The predicted octanol–water partition coefficient (Wildman–Crippen LogP) is 4.28. The molecule has 2 aliphatic heterocycles. The first-order chi connectivity index (χ1) is 14.8. The van der Waals surface area contributed by atoms with Crippen molar-refractivity contribution in [3.8, 4) is 0 Å². The Hall–Kier alpha value is -2.63. The van der Waals surface area contributed by atoms with Gasteiger partial charge in [-0.2, -0.15) is 0 Å². The van der Waals surface area contributed by atoms with E-state index in [1.807, 2.05) is 24.4 Å². The van der Waals surface area contributed by atoms with Crippen molar-refractivity contribution in [2.75, 3.05) is 25.1 Å². The van der Waals surface area contributed by atoms with Crippen molar-refractivity contribution in [1.82, 2.24) is 9.88 Å². The van der Waals surface area contributed by atoms with Crippen LogP contribution in [0.1, 0.15) is 36.0 Å². The van der Waals surface area contributed by atoms with Gasteiger partial charge in [-0.05, 0) is 60.6 Å². The highest BCUT2D eigenvalue weighted by atomic mass is 16.5. The molecule has 5 heteroatoms. The molecule has 156 valence electrons. The zero-order valence-corrected chi connectivity index (χ0v) is 17.3. The molecule has 2 aliphatic rings. The number of hydrogen-bond acceptors (Lipinski definition) is 3. The highest BCUT2D eigenvalue weighted by molar-refractivity contribution is 5.91. The van der Waals surface area contributed by atoms with Gasteiger partial charge in [0, 0.05) is 61.6 Å². The first-order valence-electron chi connectivity index (χ1n) is 11.0. The van der Waals surface area contributed by atoms with Crippen molar-refractivity contribution in [2.24, 2.45) is 0 Å². The van der Waals surface area contributed by atoms with E-state index in [4.69, 9.17) is 4.74 Å². The number of para-hydroxylation sites is 1. The van der Waals surface area contributed by atoms with Gasteiger partial charge in [0.1, 0.15) is 0 Å². The van der Waals surface area contributed by atoms with Crippen LogP contribution in [0.5, 0.6) is 0 Å². The first-order valence-corrected chi connectivity index (χ1v) is 11.0. The van der Waals surface area contributed by atoms with E-state index in [0.717, 1.165) is 63.2 Å². The molecule has 1 amide bonds. The lowest BCUT2D eigenvalue weighted by molar-refractivity contribution is -0.116. The Bertz CT molecular complexity index is 1040. The molecule has 1 saturated heterocycles. The molecule has 1 fully saturated rings. The Labute approximate surface area is 177 Å². The van der Waals surface area contributed by atoms with E-state index in [0.29, 0.717) is 12.5 Å². The van der Waals surface area contributed by atoms with Gasteiger partial charge < -0.3 is 15.0 Å². The van der Waals surface area contributed by atoms with E-state index in [1.165, 1.54) is 22.1 Å². The molecule has 3 heterocycles. The second kappa shape index (κ2) is 8.62. The maximum Gasteiger partial charge on any atom is 0.224 e. The minimum atomic E-state index is 0.0670. The quantitative estimate of drug-likeness (QED) is 0.669. The van der Waals surface area contributed by atoms with Gasteiger partial charge >= 0.3 is 0 Å². The average molecular weight is 404 g/mol. The number of ether oxygens (including phenoxy) is 1. The van der Waals surface area contributed by atoms with Crippen LogP contribution in [0.3, 0.4) is 0 Å². The van der Waals surface area contributed by atoms with Crippen molar-refractivity contribution < 1.29 is 9.53 Å². The highest BCUT2D eigenvalue weighted by Gasteiger charge is 2.25. The molecule has 0 bridgehead atoms. The lowest BCUT2D eigenvalue weighted by atomic mass is 9.96. The van der Waals surface area contributed by atoms with E-state index in [2.05, 4.69) is 39.5 Å². The number of rotatable bonds is 5. The number of nitrogens with one attached hydrogen (secondary N) is 2. The average Bonchev–Trinajstić information content (AvgIpc) is 3.21.